The number of Topliss-reactive ketones (excluding diaryl/α,β-unsaturated/α-hetero) is 1. The summed E-state index contributed by atoms with van der Waals surface area (Å²) in [5, 5.41) is 0. The summed E-state index contributed by atoms with van der Waals surface area (Å²) in [5.41, 5.74) is 4.32. The average Bonchev–Trinajstić information content (AvgIpc) is 2.13. The van der Waals surface area contributed by atoms with E-state index in [4.69, 9.17) is 4.74 Å². The molecule has 1 aromatic rings. The van der Waals surface area contributed by atoms with Gasteiger partial charge in [-0.05, 0) is 37.5 Å². The Morgan fingerprint density at radius 1 is 1.12 bits per heavy atom. The van der Waals surface area contributed by atoms with Crippen molar-refractivity contribution in [2.45, 2.75) is 39.7 Å². The summed E-state index contributed by atoms with van der Waals surface area (Å²) in [4.78, 5) is 22.7. The molecule has 0 aromatic heterocycles. The zero-order valence-electron chi connectivity index (χ0n) is 10.4. The van der Waals surface area contributed by atoms with E-state index in [-0.39, 0.29) is 12.2 Å². The van der Waals surface area contributed by atoms with Crippen LogP contribution in [0.4, 0.5) is 0 Å². The minimum atomic E-state index is -0.411. The normalized spacial score (nSPS) is 20.3. The number of rotatable bonds is 1. The Balaban J connectivity index is 2.40. The van der Waals surface area contributed by atoms with Crippen LogP contribution >= 0.6 is 0 Å². The van der Waals surface area contributed by atoms with E-state index in [0.29, 0.717) is 6.42 Å². The van der Waals surface area contributed by atoms with Crippen LogP contribution in [0.1, 0.15) is 41.2 Å². The van der Waals surface area contributed by atoms with Crippen molar-refractivity contribution in [1.29, 1.82) is 0 Å². The van der Waals surface area contributed by atoms with Crippen LogP contribution in [0.5, 0.6) is 0 Å². The molecule has 90 valence electrons. The molecule has 3 heteroatoms. The van der Waals surface area contributed by atoms with Crippen molar-refractivity contribution >= 4 is 11.8 Å². The molecule has 17 heavy (non-hydrogen) atoms. The number of carbonyl (C=O) groups excluding carboxylic acids is 2. The van der Waals surface area contributed by atoms with Crippen LogP contribution in [0.15, 0.2) is 12.1 Å². The molecular weight excluding hydrogens is 216 g/mol. The number of carbonyl (C=O) groups is 2. The Hall–Kier alpha value is -1.64. The van der Waals surface area contributed by atoms with Gasteiger partial charge in [0.25, 0.3) is 0 Å². The molecule has 0 spiro atoms. The molecule has 2 rings (SSSR count). The number of benzene rings is 1. The SMILES string of the molecule is Cc1cc(C)c(C2CC(=O)CC(=O)O2)c(C)c1. The number of ether oxygens (including phenoxy) is 1. The monoisotopic (exact) mass is 232 g/mol. The van der Waals surface area contributed by atoms with Gasteiger partial charge in [-0.1, -0.05) is 17.7 Å². The van der Waals surface area contributed by atoms with Gasteiger partial charge in [0.1, 0.15) is 18.3 Å². The van der Waals surface area contributed by atoms with Crippen molar-refractivity contribution in [3.8, 4) is 0 Å². The lowest BCUT2D eigenvalue weighted by Gasteiger charge is -2.25. The van der Waals surface area contributed by atoms with E-state index < -0.39 is 12.1 Å². The van der Waals surface area contributed by atoms with E-state index in [1.54, 1.807) is 0 Å². The Labute approximate surface area is 101 Å². The molecule has 1 heterocycles. The number of esters is 1. The van der Waals surface area contributed by atoms with Gasteiger partial charge in [0.2, 0.25) is 0 Å². The Morgan fingerprint density at radius 3 is 2.24 bits per heavy atom. The lowest BCUT2D eigenvalue weighted by molar-refractivity contribution is -0.158. The van der Waals surface area contributed by atoms with E-state index in [2.05, 4.69) is 12.1 Å². The van der Waals surface area contributed by atoms with E-state index >= 15 is 0 Å². The van der Waals surface area contributed by atoms with Gasteiger partial charge in [-0.25, -0.2) is 0 Å². The third-order valence-corrected chi connectivity index (χ3v) is 3.09. The molecule has 0 amide bonds. The van der Waals surface area contributed by atoms with E-state index in [9.17, 15) is 9.59 Å². The molecule has 0 bridgehead atoms. The topological polar surface area (TPSA) is 43.4 Å². The van der Waals surface area contributed by atoms with Gasteiger partial charge in [-0.15, -0.1) is 0 Å². The molecule has 0 radical (unpaired) electrons. The molecule has 1 aromatic carbocycles. The molecule has 1 aliphatic heterocycles. The first-order valence-electron chi connectivity index (χ1n) is 5.76. The maximum Gasteiger partial charge on any atom is 0.313 e. The van der Waals surface area contributed by atoms with Crippen LogP contribution in [-0.4, -0.2) is 11.8 Å². The highest BCUT2D eigenvalue weighted by molar-refractivity contribution is 5.97. The lowest BCUT2D eigenvalue weighted by Crippen LogP contribution is -2.25. The highest BCUT2D eigenvalue weighted by Gasteiger charge is 2.29. The van der Waals surface area contributed by atoms with Crippen molar-refractivity contribution in [1.82, 2.24) is 0 Å². The average molecular weight is 232 g/mol. The third kappa shape index (κ3) is 2.38. The second-order valence-electron chi connectivity index (χ2n) is 4.71. The summed E-state index contributed by atoms with van der Waals surface area (Å²) >= 11 is 0. The van der Waals surface area contributed by atoms with E-state index in [0.717, 1.165) is 16.7 Å². The fraction of sp³-hybridized carbons (Fsp3) is 0.429. The van der Waals surface area contributed by atoms with Gasteiger partial charge in [0.05, 0.1) is 0 Å². The minimum absolute atomic E-state index is 0.0365. The zero-order chi connectivity index (χ0) is 12.6. The van der Waals surface area contributed by atoms with Crippen molar-refractivity contribution in [2.24, 2.45) is 0 Å². The van der Waals surface area contributed by atoms with Crippen LogP contribution in [0.3, 0.4) is 0 Å². The van der Waals surface area contributed by atoms with Crippen molar-refractivity contribution < 1.29 is 14.3 Å². The molecule has 1 aliphatic rings. The van der Waals surface area contributed by atoms with Crippen molar-refractivity contribution in [3.63, 3.8) is 0 Å². The van der Waals surface area contributed by atoms with Gasteiger partial charge < -0.3 is 4.74 Å². The van der Waals surface area contributed by atoms with E-state index in [1.807, 2.05) is 20.8 Å². The smallest absolute Gasteiger partial charge is 0.313 e. The van der Waals surface area contributed by atoms with Gasteiger partial charge in [0.15, 0.2) is 0 Å². The third-order valence-electron chi connectivity index (χ3n) is 3.09. The zero-order valence-corrected chi connectivity index (χ0v) is 10.4. The molecule has 1 saturated heterocycles. The summed E-state index contributed by atoms with van der Waals surface area (Å²) < 4.78 is 5.28. The molecular formula is C14H16O3. The maximum atomic E-state index is 11.4. The first-order valence-corrected chi connectivity index (χ1v) is 5.76. The van der Waals surface area contributed by atoms with E-state index in [1.165, 1.54) is 5.56 Å². The second kappa shape index (κ2) is 4.32. The van der Waals surface area contributed by atoms with Gasteiger partial charge in [-0.2, -0.15) is 0 Å². The number of hydrogen-bond donors (Lipinski definition) is 0. The van der Waals surface area contributed by atoms with Crippen LogP contribution in [0.2, 0.25) is 0 Å². The highest BCUT2D eigenvalue weighted by Crippen LogP contribution is 2.32. The lowest BCUT2D eigenvalue weighted by atomic mass is 9.91. The summed E-state index contributed by atoms with van der Waals surface area (Å²) in [6.07, 6.45) is -0.180. The predicted molar refractivity (Wildman–Crippen MR) is 63.7 cm³/mol. The van der Waals surface area contributed by atoms with Crippen LogP contribution in [0.25, 0.3) is 0 Å². The molecule has 0 N–H and O–H groups in total. The summed E-state index contributed by atoms with van der Waals surface area (Å²) in [6, 6.07) is 4.10. The minimum Gasteiger partial charge on any atom is -0.457 e. The number of hydrogen-bond acceptors (Lipinski definition) is 3. The fourth-order valence-corrected chi connectivity index (χ4v) is 2.54. The van der Waals surface area contributed by atoms with Crippen LogP contribution < -0.4 is 0 Å². The molecule has 1 unspecified atom stereocenters. The fourth-order valence-electron chi connectivity index (χ4n) is 2.54. The first kappa shape index (κ1) is 11.8. The van der Waals surface area contributed by atoms with Crippen LogP contribution in [0, 0.1) is 20.8 Å². The summed E-state index contributed by atoms with van der Waals surface area (Å²) in [5.74, 6) is -0.448. The van der Waals surface area contributed by atoms with Gasteiger partial charge in [0, 0.05) is 6.42 Å². The Bertz CT molecular complexity index is 449. The first-order chi connectivity index (χ1) is 7.97. The second-order valence-corrected chi connectivity index (χ2v) is 4.71. The predicted octanol–water partition coefficient (Wildman–Crippen LogP) is 2.56. The largest absolute Gasteiger partial charge is 0.457 e. The standard InChI is InChI=1S/C14H16O3/c1-8-4-9(2)14(10(3)5-8)12-6-11(15)7-13(16)17-12/h4-5,12H,6-7H2,1-3H3. The van der Waals surface area contributed by atoms with Crippen LogP contribution in [-0.2, 0) is 14.3 Å². The molecule has 0 saturated carbocycles. The molecule has 0 aliphatic carbocycles. The number of ketones is 1. The maximum absolute atomic E-state index is 11.4. The Kier molecular flexibility index (Phi) is 3.01. The van der Waals surface area contributed by atoms with Gasteiger partial charge >= 0.3 is 5.97 Å². The molecule has 3 nitrogen and oxygen atoms in total. The number of cyclic esters (lactones) is 1. The quantitative estimate of drug-likeness (QED) is 0.552. The number of aryl methyl sites for hydroxylation is 3. The summed E-state index contributed by atoms with van der Waals surface area (Å²) in [6.45, 7) is 6.01. The van der Waals surface area contributed by atoms with Crippen molar-refractivity contribution in [3.05, 3.63) is 34.4 Å². The van der Waals surface area contributed by atoms with Crippen molar-refractivity contribution in [2.75, 3.05) is 0 Å². The highest BCUT2D eigenvalue weighted by atomic mass is 16.5. The molecule has 1 atom stereocenters. The molecule has 1 fully saturated rings. The summed E-state index contributed by atoms with van der Waals surface area (Å²) in [7, 11) is 0. The Morgan fingerprint density at radius 2 is 1.71 bits per heavy atom. The van der Waals surface area contributed by atoms with Gasteiger partial charge in [-0.3, -0.25) is 9.59 Å².